The molecule has 1 atom stereocenters. The van der Waals surface area contributed by atoms with E-state index in [9.17, 15) is 13.2 Å². The Morgan fingerprint density at radius 1 is 1.16 bits per heavy atom. The van der Waals surface area contributed by atoms with Crippen molar-refractivity contribution in [1.29, 1.82) is 0 Å². The van der Waals surface area contributed by atoms with Crippen LogP contribution in [-0.2, 0) is 15.6 Å². The summed E-state index contributed by atoms with van der Waals surface area (Å²) in [5.74, 6) is -0.194. The number of nitrogens with zero attached hydrogens (tertiary/aromatic N) is 1. The number of rotatable bonds is 4. The maximum atomic E-state index is 12.8. The minimum atomic E-state index is -3.50. The van der Waals surface area contributed by atoms with E-state index in [1.807, 2.05) is 25.1 Å². The third-order valence-corrected chi connectivity index (χ3v) is 6.09. The van der Waals surface area contributed by atoms with Gasteiger partial charge in [0.05, 0.1) is 10.6 Å². The lowest BCUT2D eigenvalue weighted by Gasteiger charge is -2.34. The zero-order valence-electron chi connectivity index (χ0n) is 14.2. The molecule has 6 heteroatoms. The molecular formula is C19H22N2O3S. The number of carbonyl (C=O) groups excluding carboxylic acids is 1. The average Bonchev–Trinajstić information content (AvgIpc) is 2.62. The van der Waals surface area contributed by atoms with Gasteiger partial charge in [0.15, 0.2) is 9.84 Å². The molecule has 1 amide bonds. The van der Waals surface area contributed by atoms with E-state index in [0.29, 0.717) is 12.1 Å². The summed E-state index contributed by atoms with van der Waals surface area (Å²) < 4.78 is 25.4. The minimum absolute atomic E-state index is 0.0739. The van der Waals surface area contributed by atoms with Crippen LogP contribution in [0.5, 0.6) is 0 Å². The van der Waals surface area contributed by atoms with Crippen LogP contribution in [0.4, 0.5) is 0 Å². The lowest BCUT2D eigenvalue weighted by Crippen LogP contribution is -2.52. The van der Waals surface area contributed by atoms with Gasteiger partial charge >= 0.3 is 0 Å². The first-order valence-corrected chi connectivity index (χ1v) is 10.0. The highest BCUT2D eigenvalue weighted by molar-refractivity contribution is 7.90. The molecule has 2 aromatic rings. The van der Waals surface area contributed by atoms with Crippen molar-refractivity contribution in [2.45, 2.75) is 23.6 Å². The van der Waals surface area contributed by atoms with E-state index in [-0.39, 0.29) is 22.6 Å². The zero-order valence-corrected chi connectivity index (χ0v) is 15.0. The van der Waals surface area contributed by atoms with E-state index in [1.165, 1.54) is 6.07 Å². The van der Waals surface area contributed by atoms with Crippen molar-refractivity contribution in [3.05, 3.63) is 65.7 Å². The van der Waals surface area contributed by atoms with Crippen LogP contribution < -0.4 is 5.32 Å². The van der Waals surface area contributed by atoms with E-state index in [4.69, 9.17) is 0 Å². The van der Waals surface area contributed by atoms with Crippen molar-refractivity contribution in [1.82, 2.24) is 10.2 Å². The first-order chi connectivity index (χ1) is 12.0. The van der Waals surface area contributed by atoms with Gasteiger partial charge in [0.1, 0.15) is 0 Å². The molecule has 1 aliphatic rings. The number of amides is 1. The van der Waals surface area contributed by atoms with Crippen LogP contribution in [0.2, 0.25) is 0 Å². The molecule has 1 saturated heterocycles. The number of nitrogens with one attached hydrogen (secondary N) is 1. The quantitative estimate of drug-likeness (QED) is 0.909. The van der Waals surface area contributed by atoms with Crippen molar-refractivity contribution in [3.63, 3.8) is 0 Å². The summed E-state index contributed by atoms with van der Waals surface area (Å²) >= 11 is 0. The third kappa shape index (κ3) is 4.08. The van der Waals surface area contributed by atoms with Crippen LogP contribution in [0.1, 0.15) is 22.8 Å². The second-order valence-electron chi connectivity index (χ2n) is 6.32. The minimum Gasteiger partial charge on any atom is -0.333 e. The fourth-order valence-corrected chi connectivity index (χ4v) is 4.40. The second-order valence-corrected chi connectivity index (χ2v) is 8.31. The lowest BCUT2D eigenvalue weighted by atomic mass is 10.1. The summed E-state index contributed by atoms with van der Waals surface area (Å²) in [5.41, 5.74) is 1.15. The van der Waals surface area contributed by atoms with Crippen LogP contribution in [-0.4, -0.2) is 44.9 Å². The van der Waals surface area contributed by atoms with Crippen LogP contribution in [0.15, 0.2) is 59.5 Å². The molecule has 0 spiro atoms. The standard InChI is InChI=1S/C19H22N2O3S/c1-15-13-20-10-11-21(15)19(22)17-8-5-9-18(12-17)25(23,24)14-16-6-3-2-4-7-16/h2-9,12,15,20H,10-11,13-14H2,1H3/t15-/m0/s1. The molecule has 0 aliphatic carbocycles. The van der Waals surface area contributed by atoms with E-state index in [2.05, 4.69) is 5.32 Å². The Balaban J connectivity index is 1.84. The molecule has 0 saturated carbocycles. The van der Waals surface area contributed by atoms with Crippen molar-refractivity contribution in [2.75, 3.05) is 19.6 Å². The number of piperazine rings is 1. The topological polar surface area (TPSA) is 66.5 Å². The van der Waals surface area contributed by atoms with E-state index < -0.39 is 9.84 Å². The van der Waals surface area contributed by atoms with Crippen LogP contribution in [0.25, 0.3) is 0 Å². The largest absolute Gasteiger partial charge is 0.333 e. The number of benzene rings is 2. The van der Waals surface area contributed by atoms with Gasteiger partial charge in [-0.1, -0.05) is 36.4 Å². The summed E-state index contributed by atoms with van der Waals surface area (Å²) in [7, 11) is -3.50. The third-order valence-electron chi connectivity index (χ3n) is 4.40. The molecule has 132 valence electrons. The van der Waals surface area contributed by atoms with Crippen molar-refractivity contribution in [3.8, 4) is 0 Å². The molecule has 1 N–H and O–H groups in total. The van der Waals surface area contributed by atoms with E-state index in [1.54, 1.807) is 35.2 Å². The molecule has 1 aliphatic heterocycles. The molecule has 3 rings (SSSR count). The number of sulfone groups is 1. The summed E-state index contributed by atoms with van der Waals surface area (Å²) in [6.07, 6.45) is 0. The Labute approximate surface area is 148 Å². The van der Waals surface area contributed by atoms with Gasteiger partial charge in [0.25, 0.3) is 5.91 Å². The maximum absolute atomic E-state index is 12.8. The first-order valence-electron chi connectivity index (χ1n) is 8.36. The van der Waals surface area contributed by atoms with Gasteiger partial charge in [-0.2, -0.15) is 0 Å². The van der Waals surface area contributed by atoms with Crippen LogP contribution in [0, 0.1) is 0 Å². The summed E-state index contributed by atoms with van der Waals surface area (Å²) in [6, 6.07) is 15.5. The second kappa shape index (κ2) is 7.37. The predicted molar refractivity (Wildman–Crippen MR) is 97.1 cm³/mol. The molecule has 0 bridgehead atoms. The summed E-state index contributed by atoms with van der Waals surface area (Å²) in [4.78, 5) is 14.7. The Morgan fingerprint density at radius 2 is 1.92 bits per heavy atom. The highest BCUT2D eigenvalue weighted by Crippen LogP contribution is 2.19. The predicted octanol–water partition coefficient (Wildman–Crippen LogP) is 2.09. The first kappa shape index (κ1) is 17.6. The number of carbonyl (C=O) groups is 1. The maximum Gasteiger partial charge on any atom is 0.254 e. The summed E-state index contributed by atoms with van der Waals surface area (Å²) in [5, 5.41) is 3.24. The van der Waals surface area contributed by atoms with Gasteiger partial charge in [-0.15, -0.1) is 0 Å². The SMILES string of the molecule is C[C@H]1CNCCN1C(=O)c1cccc(S(=O)(=O)Cc2ccccc2)c1. The van der Waals surface area contributed by atoms with Gasteiger partial charge in [0.2, 0.25) is 0 Å². The van der Waals surface area contributed by atoms with Gasteiger partial charge in [-0.25, -0.2) is 8.42 Å². The Morgan fingerprint density at radius 3 is 2.64 bits per heavy atom. The Hall–Kier alpha value is -2.18. The van der Waals surface area contributed by atoms with Gasteiger partial charge in [-0.3, -0.25) is 4.79 Å². The zero-order chi connectivity index (χ0) is 17.9. The average molecular weight is 358 g/mol. The fourth-order valence-electron chi connectivity index (χ4n) is 3.01. The molecule has 0 unspecified atom stereocenters. The Bertz CT molecular complexity index is 850. The van der Waals surface area contributed by atoms with Crippen molar-refractivity contribution >= 4 is 15.7 Å². The van der Waals surface area contributed by atoms with Gasteiger partial charge in [-0.05, 0) is 30.7 Å². The molecule has 1 heterocycles. The fraction of sp³-hybridized carbons (Fsp3) is 0.316. The normalized spacial score (nSPS) is 18.1. The molecule has 2 aromatic carbocycles. The van der Waals surface area contributed by atoms with E-state index in [0.717, 1.165) is 18.7 Å². The summed E-state index contributed by atoms with van der Waals surface area (Å²) in [6.45, 7) is 4.11. The van der Waals surface area contributed by atoms with Gasteiger partial charge < -0.3 is 10.2 Å². The lowest BCUT2D eigenvalue weighted by molar-refractivity contribution is 0.0655. The smallest absolute Gasteiger partial charge is 0.254 e. The van der Waals surface area contributed by atoms with Crippen molar-refractivity contribution in [2.24, 2.45) is 0 Å². The van der Waals surface area contributed by atoms with Crippen LogP contribution in [0.3, 0.4) is 0 Å². The van der Waals surface area contributed by atoms with Crippen LogP contribution >= 0.6 is 0 Å². The molecular weight excluding hydrogens is 336 g/mol. The van der Waals surface area contributed by atoms with Gasteiger partial charge in [0, 0.05) is 31.2 Å². The molecule has 0 radical (unpaired) electrons. The number of hydrogen-bond acceptors (Lipinski definition) is 4. The Kier molecular flexibility index (Phi) is 5.20. The highest BCUT2D eigenvalue weighted by atomic mass is 32.2. The molecule has 1 fully saturated rings. The molecule has 5 nitrogen and oxygen atoms in total. The highest BCUT2D eigenvalue weighted by Gasteiger charge is 2.25. The van der Waals surface area contributed by atoms with E-state index >= 15 is 0 Å². The molecule has 25 heavy (non-hydrogen) atoms. The van der Waals surface area contributed by atoms with Crippen molar-refractivity contribution < 1.29 is 13.2 Å². The monoisotopic (exact) mass is 358 g/mol. The molecule has 0 aromatic heterocycles. The number of hydrogen-bond donors (Lipinski definition) is 1.